The molecule has 0 heterocycles. The van der Waals surface area contributed by atoms with Crippen molar-refractivity contribution in [3.8, 4) is 11.5 Å². The third kappa shape index (κ3) is 3.17. The van der Waals surface area contributed by atoms with Crippen LogP contribution in [0.3, 0.4) is 0 Å². The van der Waals surface area contributed by atoms with Gasteiger partial charge < -0.3 is 9.47 Å². The normalized spacial score (nSPS) is 15.5. The molecule has 1 fully saturated rings. The molecule has 1 atom stereocenters. The van der Waals surface area contributed by atoms with Crippen molar-refractivity contribution in [2.45, 2.75) is 25.0 Å². The third-order valence-corrected chi connectivity index (χ3v) is 3.66. The predicted molar refractivity (Wildman–Crippen MR) is 82.3 cm³/mol. The summed E-state index contributed by atoms with van der Waals surface area (Å²) in [6.07, 6.45) is 2.74. The highest BCUT2D eigenvalue weighted by molar-refractivity contribution is 5.42. The molecule has 2 aromatic carbocycles. The molecule has 21 heavy (non-hydrogen) atoms. The van der Waals surface area contributed by atoms with Gasteiger partial charge in [0.1, 0.15) is 11.5 Å². The second kappa shape index (κ2) is 6.16. The van der Waals surface area contributed by atoms with Gasteiger partial charge in [-0.15, -0.1) is 0 Å². The number of hydrazine groups is 1. The molecule has 1 saturated carbocycles. The fourth-order valence-electron chi connectivity index (χ4n) is 2.39. The standard InChI is InChI=1S/C17H20N2O2/c1-20-16-5-3-2-4-15(16)17(19-18)12-6-8-13(9-7-12)21-14-10-11-14/h2-9,14,17,19H,10-11,18H2,1H3. The molecule has 110 valence electrons. The minimum absolute atomic E-state index is 0.115. The molecule has 1 aliphatic rings. The first kappa shape index (κ1) is 13.9. The highest BCUT2D eigenvalue weighted by Crippen LogP contribution is 2.31. The summed E-state index contributed by atoms with van der Waals surface area (Å²) in [5.74, 6) is 7.48. The number of hydrogen-bond donors (Lipinski definition) is 2. The van der Waals surface area contributed by atoms with E-state index in [0.717, 1.165) is 35.5 Å². The first-order valence-corrected chi connectivity index (χ1v) is 7.17. The lowest BCUT2D eigenvalue weighted by Gasteiger charge is -2.19. The Morgan fingerprint density at radius 1 is 1.10 bits per heavy atom. The quantitative estimate of drug-likeness (QED) is 0.632. The number of hydrogen-bond acceptors (Lipinski definition) is 4. The summed E-state index contributed by atoms with van der Waals surface area (Å²) in [7, 11) is 1.67. The van der Waals surface area contributed by atoms with E-state index < -0.39 is 0 Å². The molecule has 0 spiro atoms. The van der Waals surface area contributed by atoms with Crippen LogP contribution in [0.25, 0.3) is 0 Å². The highest BCUT2D eigenvalue weighted by atomic mass is 16.5. The van der Waals surface area contributed by atoms with Gasteiger partial charge in [-0.3, -0.25) is 5.84 Å². The number of rotatable bonds is 6. The van der Waals surface area contributed by atoms with E-state index in [1.807, 2.05) is 48.5 Å². The Morgan fingerprint density at radius 3 is 2.43 bits per heavy atom. The average molecular weight is 284 g/mol. The number of para-hydroxylation sites is 1. The number of methoxy groups -OCH3 is 1. The minimum atomic E-state index is -0.115. The van der Waals surface area contributed by atoms with Crippen molar-refractivity contribution < 1.29 is 9.47 Å². The number of nitrogens with two attached hydrogens (primary N) is 1. The van der Waals surface area contributed by atoms with Crippen LogP contribution in [0.15, 0.2) is 48.5 Å². The first-order chi connectivity index (χ1) is 10.3. The van der Waals surface area contributed by atoms with Crippen LogP contribution in [-0.2, 0) is 0 Å². The van der Waals surface area contributed by atoms with Gasteiger partial charge in [0.15, 0.2) is 0 Å². The summed E-state index contributed by atoms with van der Waals surface area (Å²) in [6, 6.07) is 15.8. The molecule has 1 unspecified atom stereocenters. The van der Waals surface area contributed by atoms with E-state index in [1.54, 1.807) is 7.11 Å². The van der Waals surface area contributed by atoms with Crippen LogP contribution in [0.5, 0.6) is 11.5 Å². The van der Waals surface area contributed by atoms with Crippen LogP contribution in [0.1, 0.15) is 30.0 Å². The number of benzene rings is 2. The number of nitrogens with one attached hydrogen (secondary N) is 1. The van der Waals surface area contributed by atoms with Gasteiger partial charge in [-0.25, -0.2) is 5.43 Å². The topological polar surface area (TPSA) is 56.5 Å². The predicted octanol–water partition coefficient (Wildman–Crippen LogP) is 2.79. The van der Waals surface area contributed by atoms with Crippen molar-refractivity contribution in [1.29, 1.82) is 0 Å². The molecule has 3 rings (SSSR count). The maximum Gasteiger partial charge on any atom is 0.124 e. The Hall–Kier alpha value is -2.04. The molecule has 0 aromatic heterocycles. The molecule has 0 aliphatic heterocycles. The second-order valence-corrected chi connectivity index (χ2v) is 5.23. The van der Waals surface area contributed by atoms with Crippen molar-refractivity contribution in [2.24, 2.45) is 5.84 Å². The maximum absolute atomic E-state index is 5.77. The first-order valence-electron chi connectivity index (χ1n) is 7.17. The summed E-state index contributed by atoms with van der Waals surface area (Å²) >= 11 is 0. The number of ether oxygens (including phenoxy) is 2. The largest absolute Gasteiger partial charge is 0.496 e. The fourth-order valence-corrected chi connectivity index (χ4v) is 2.39. The molecular formula is C17H20N2O2. The molecule has 2 aromatic rings. The zero-order valence-corrected chi connectivity index (χ0v) is 12.1. The van der Waals surface area contributed by atoms with Gasteiger partial charge in [0.25, 0.3) is 0 Å². The van der Waals surface area contributed by atoms with Crippen molar-refractivity contribution in [1.82, 2.24) is 5.43 Å². The third-order valence-electron chi connectivity index (χ3n) is 3.66. The molecule has 4 heteroatoms. The SMILES string of the molecule is COc1ccccc1C(NN)c1ccc(OC2CC2)cc1. The summed E-state index contributed by atoms with van der Waals surface area (Å²) in [5, 5.41) is 0. The molecule has 0 radical (unpaired) electrons. The van der Waals surface area contributed by atoms with Gasteiger partial charge in [-0.05, 0) is 36.6 Å². The monoisotopic (exact) mass is 284 g/mol. The summed E-state index contributed by atoms with van der Waals surface area (Å²) in [6.45, 7) is 0. The Kier molecular flexibility index (Phi) is 4.08. The lowest BCUT2D eigenvalue weighted by atomic mass is 9.98. The maximum atomic E-state index is 5.77. The van der Waals surface area contributed by atoms with Crippen LogP contribution in [-0.4, -0.2) is 13.2 Å². The van der Waals surface area contributed by atoms with Gasteiger partial charge >= 0.3 is 0 Å². The molecule has 1 aliphatic carbocycles. The molecular weight excluding hydrogens is 264 g/mol. The molecule has 3 N–H and O–H groups in total. The van der Waals surface area contributed by atoms with Crippen molar-refractivity contribution >= 4 is 0 Å². The smallest absolute Gasteiger partial charge is 0.124 e. The van der Waals surface area contributed by atoms with Gasteiger partial charge in [0.05, 0.1) is 19.3 Å². The molecule has 0 saturated heterocycles. The van der Waals surface area contributed by atoms with Crippen molar-refractivity contribution in [2.75, 3.05) is 7.11 Å². The van der Waals surface area contributed by atoms with Crippen LogP contribution in [0, 0.1) is 0 Å². The minimum Gasteiger partial charge on any atom is -0.496 e. The summed E-state index contributed by atoms with van der Waals surface area (Å²) in [5.41, 5.74) is 4.95. The Bertz CT molecular complexity index is 594. The molecule has 0 bridgehead atoms. The van der Waals surface area contributed by atoms with Crippen LogP contribution in [0.4, 0.5) is 0 Å². The zero-order valence-electron chi connectivity index (χ0n) is 12.1. The highest BCUT2D eigenvalue weighted by Gasteiger charge is 2.23. The van der Waals surface area contributed by atoms with E-state index >= 15 is 0 Å². The van der Waals surface area contributed by atoms with Gasteiger partial charge in [-0.1, -0.05) is 30.3 Å². The van der Waals surface area contributed by atoms with Crippen LogP contribution < -0.4 is 20.7 Å². The fraction of sp³-hybridized carbons (Fsp3) is 0.294. The van der Waals surface area contributed by atoms with E-state index in [2.05, 4.69) is 5.43 Å². The summed E-state index contributed by atoms with van der Waals surface area (Å²) in [4.78, 5) is 0. The Morgan fingerprint density at radius 2 is 1.81 bits per heavy atom. The van der Waals surface area contributed by atoms with E-state index in [9.17, 15) is 0 Å². The van der Waals surface area contributed by atoms with E-state index in [0.29, 0.717) is 6.10 Å². The van der Waals surface area contributed by atoms with Gasteiger partial charge in [0.2, 0.25) is 0 Å². The Labute approximate surface area is 124 Å². The average Bonchev–Trinajstić information content (AvgIpc) is 3.34. The van der Waals surface area contributed by atoms with Gasteiger partial charge in [0, 0.05) is 5.56 Å². The lowest BCUT2D eigenvalue weighted by molar-refractivity contribution is 0.303. The van der Waals surface area contributed by atoms with E-state index in [-0.39, 0.29) is 6.04 Å². The van der Waals surface area contributed by atoms with Crippen LogP contribution in [0.2, 0.25) is 0 Å². The van der Waals surface area contributed by atoms with Crippen LogP contribution >= 0.6 is 0 Å². The second-order valence-electron chi connectivity index (χ2n) is 5.23. The molecule has 4 nitrogen and oxygen atoms in total. The van der Waals surface area contributed by atoms with E-state index in [4.69, 9.17) is 15.3 Å². The van der Waals surface area contributed by atoms with E-state index in [1.165, 1.54) is 0 Å². The van der Waals surface area contributed by atoms with Crippen molar-refractivity contribution in [3.63, 3.8) is 0 Å². The molecule has 0 amide bonds. The van der Waals surface area contributed by atoms with Gasteiger partial charge in [-0.2, -0.15) is 0 Å². The Balaban J connectivity index is 1.84. The summed E-state index contributed by atoms with van der Waals surface area (Å²) < 4.78 is 11.2. The zero-order chi connectivity index (χ0) is 14.7. The lowest BCUT2D eigenvalue weighted by Crippen LogP contribution is -2.29. The van der Waals surface area contributed by atoms with Crippen molar-refractivity contribution in [3.05, 3.63) is 59.7 Å².